The molecule has 1 spiro atoms. The predicted molar refractivity (Wildman–Crippen MR) is 113 cm³/mol. The number of nitrogens with zero attached hydrogens (tertiary/aromatic N) is 3. The summed E-state index contributed by atoms with van der Waals surface area (Å²) in [4.78, 5) is 24.7. The van der Waals surface area contributed by atoms with E-state index < -0.39 is 6.10 Å². The Hall–Kier alpha value is -2.64. The average molecular weight is 409 g/mol. The van der Waals surface area contributed by atoms with E-state index in [1.54, 1.807) is 6.33 Å². The second-order valence-corrected chi connectivity index (χ2v) is 8.97. The number of imidazole rings is 1. The van der Waals surface area contributed by atoms with Crippen molar-refractivity contribution in [3.8, 4) is 0 Å². The van der Waals surface area contributed by atoms with Gasteiger partial charge in [-0.1, -0.05) is 0 Å². The summed E-state index contributed by atoms with van der Waals surface area (Å²) >= 11 is 0. The van der Waals surface area contributed by atoms with E-state index in [1.807, 2.05) is 42.2 Å². The Morgan fingerprint density at radius 3 is 2.90 bits per heavy atom. The molecule has 5 rings (SSSR count). The van der Waals surface area contributed by atoms with Crippen LogP contribution in [0.3, 0.4) is 0 Å². The normalized spacial score (nSPS) is 22.1. The van der Waals surface area contributed by atoms with Gasteiger partial charge in [0, 0.05) is 18.7 Å². The van der Waals surface area contributed by atoms with Crippen LogP contribution < -0.4 is 0 Å². The van der Waals surface area contributed by atoms with Gasteiger partial charge >= 0.3 is 0 Å². The molecule has 1 unspecified atom stereocenters. The number of hydrogen-bond acceptors (Lipinski definition) is 5. The van der Waals surface area contributed by atoms with E-state index in [4.69, 9.17) is 4.42 Å². The summed E-state index contributed by atoms with van der Waals surface area (Å²) in [7, 11) is 0. The Morgan fingerprint density at radius 2 is 2.13 bits per heavy atom. The number of aliphatic hydroxyl groups excluding tert-OH is 1. The van der Waals surface area contributed by atoms with Crippen molar-refractivity contribution in [3.05, 3.63) is 53.7 Å². The molecule has 4 heterocycles. The zero-order valence-corrected chi connectivity index (χ0v) is 17.3. The van der Waals surface area contributed by atoms with Crippen LogP contribution in [-0.2, 0) is 6.54 Å². The second-order valence-electron chi connectivity index (χ2n) is 8.97. The van der Waals surface area contributed by atoms with E-state index in [1.165, 1.54) is 0 Å². The number of fused-ring (bicyclic) bond motifs is 1. The molecule has 0 saturated carbocycles. The standard InChI is InChI=1S/C23H28N4O3/c1-16-2-4-19(30-16)13-26-8-6-23(7-9-26)11-18(28)12-27(14-23)22(29)17-3-5-20-21(10-17)25-15-24-20/h2-5,10,15,18,28H,6-9,11-14H2,1H3,(H,24,25). The van der Waals surface area contributed by atoms with Crippen LogP contribution >= 0.6 is 0 Å². The van der Waals surface area contributed by atoms with Gasteiger partial charge in [-0.15, -0.1) is 0 Å². The number of carbonyl (C=O) groups excluding carboxylic acids is 1. The number of rotatable bonds is 3. The molecule has 0 radical (unpaired) electrons. The van der Waals surface area contributed by atoms with Crippen LogP contribution in [0.4, 0.5) is 0 Å². The van der Waals surface area contributed by atoms with Crippen molar-refractivity contribution >= 4 is 16.9 Å². The van der Waals surface area contributed by atoms with E-state index in [2.05, 4.69) is 14.9 Å². The number of nitrogens with one attached hydrogen (secondary N) is 1. The maximum absolute atomic E-state index is 13.2. The molecule has 158 valence electrons. The molecule has 1 atom stereocenters. The van der Waals surface area contributed by atoms with Crippen molar-refractivity contribution < 1.29 is 14.3 Å². The van der Waals surface area contributed by atoms with Gasteiger partial charge in [0.05, 0.1) is 30.0 Å². The number of likely N-dealkylation sites (tertiary alicyclic amines) is 2. The highest BCUT2D eigenvalue weighted by molar-refractivity contribution is 5.97. The number of H-pyrrole nitrogens is 1. The van der Waals surface area contributed by atoms with Crippen molar-refractivity contribution in [3.63, 3.8) is 0 Å². The first kappa shape index (κ1) is 19.3. The molecule has 2 saturated heterocycles. The summed E-state index contributed by atoms with van der Waals surface area (Å²) in [6.07, 6.45) is 3.89. The Bertz CT molecular complexity index is 1050. The van der Waals surface area contributed by atoms with Crippen LogP contribution in [0, 0.1) is 12.3 Å². The largest absolute Gasteiger partial charge is 0.465 e. The number of piperidine rings is 2. The molecule has 2 aliphatic rings. The van der Waals surface area contributed by atoms with E-state index in [0.717, 1.165) is 61.5 Å². The lowest BCUT2D eigenvalue weighted by atomic mass is 9.71. The molecular weight excluding hydrogens is 380 g/mol. The van der Waals surface area contributed by atoms with Crippen molar-refractivity contribution in [1.82, 2.24) is 19.8 Å². The SMILES string of the molecule is Cc1ccc(CN2CCC3(CC2)CC(O)CN(C(=O)c2ccc4nc[nH]c4c2)C3)o1. The highest BCUT2D eigenvalue weighted by Gasteiger charge is 2.43. The molecule has 3 aromatic rings. The molecular formula is C23H28N4O3. The average Bonchev–Trinajstić information content (AvgIpc) is 3.37. The second kappa shape index (κ2) is 7.56. The zero-order valence-electron chi connectivity index (χ0n) is 17.3. The lowest BCUT2D eigenvalue weighted by Gasteiger charge is -2.49. The summed E-state index contributed by atoms with van der Waals surface area (Å²) in [5, 5.41) is 10.6. The van der Waals surface area contributed by atoms with E-state index in [-0.39, 0.29) is 11.3 Å². The number of β-amino-alcohol motifs (C(OH)–C–C–N with tert-alkyl or cyclic N) is 1. The molecule has 30 heavy (non-hydrogen) atoms. The van der Waals surface area contributed by atoms with E-state index in [9.17, 15) is 9.90 Å². The molecule has 2 N–H and O–H groups in total. The first-order valence-electron chi connectivity index (χ1n) is 10.7. The smallest absolute Gasteiger partial charge is 0.254 e. The lowest BCUT2D eigenvalue weighted by Crippen LogP contribution is -2.55. The summed E-state index contributed by atoms with van der Waals surface area (Å²) in [5.41, 5.74) is 2.33. The quantitative estimate of drug-likeness (QED) is 0.696. The van der Waals surface area contributed by atoms with Crippen molar-refractivity contribution in [2.75, 3.05) is 26.2 Å². The van der Waals surface area contributed by atoms with E-state index >= 15 is 0 Å². The van der Waals surface area contributed by atoms with Gasteiger partial charge in [-0.05, 0) is 75.0 Å². The van der Waals surface area contributed by atoms with Gasteiger partial charge in [0.1, 0.15) is 11.5 Å². The fourth-order valence-electron chi connectivity index (χ4n) is 5.10. The molecule has 0 aliphatic carbocycles. The van der Waals surface area contributed by atoms with Gasteiger partial charge in [0.2, 0.25) is 0 Å². The summed E-state index contributed by atoms with van der Waals surface area (Å²) in [6.45, 7) is 5.80. The van der Waals surface area contributed by atoms with Gasteiger partial charge in [-0.2, -0.15) is 0 Å². The number of furan rings is 1. The molecule has 2 aliphatic heterocycles. The topological polar surface area (TPSA) is 85.6 Å². The van der Waals surface area contributed by atoms with Gasteiger partial charge < -0.3 is 19.4 Å². The first-order chi connectivity index (χ1) is 14.5. The fraction of sp³-hybridized carbons (Fsp3) is 0.478. The van der Waals surface area contributed by atoms with Crippen LogP contribution in [-0.4, -0.2) is 63.1 Å². The predicted octanol–water partition coefficient (Wildman–Crippen LogP) is 2.95. The third-order valence-electron chi connectivity index (χ3n) is 6.67. The van der Waals surface area contributed by atoms with Crippen molar-refractivity contribution in [2.24, 2.45) is 5.41 Å². The van der Waals surface area contributed by atoms with Crippen molar-refractivity contribution in [1.29, 1.82) is 0 Å². The van der Waals surface area contributed by atoms with Crippen LogP contribution in [0.25, 0.3) is 11.0 Å². The maximum Gasteiger partial charge on any atom is 0.254 e. The van der Waals surface area contributed by atoms with E-state index in [0.29, 0.717) is 18.7 Å². The number of amides is 1. The fourth-order valence-corrected chi connectivity index (χ4v) is 5.10. The number of carbonyl (C=O) groups is 1. The molecule has 2 aromatic heterocycles. The minimum Gasteiger partial charge on any atom is -0.465 e. The summed E-state index contributed by atoms with van der Waals surface area (Å²) in [6, 6.07) is 9.59. The van der Waals surface area contributed by atoms with Crippen molar-refractivity contribution in [2.45, 2.75) is 38.8 Å². The maximum atomic E-state index is 13.2. The van der Waals surface area contributed by atoms with Gasteiger partial charge in [0.15, 0.2) is 0 Å². The third-order valence-corrected chi connectivity index (χ3v) is 6.67. The van der Waals surface area contributed by atoms with Crippen LogP contribution in [0.1, 0.15) is 41.1 Å². The third kappa shape index (κ3) is 3.75. The number of aromatic amines is 1. The molecule has 1 amide bonds. The lowest BCUT2D eigenvalue weighted by molar-refractivity contribution is -0.0343. The molecule has 7 heteroatoms. The number of aliphatic hydroxyl groups is 1. The van der Waals surface area contributed by atoms with Crippen LogP contribution in [0.2, 0.25) is 0 Å². The number of benzene rings is 1. The van der Waals surface area contributed by atoms with Gasteiger partial charge in [0.25, 0.3) is 5.91 Å². The minimum atomic E-state index is -0.474. The summed E-state index contributed by atoms with van der Waals surface area (Å²) in [5.74, 6) is 1.92. The van der Waals surface area contributed by atoms with Gasteiger partial charge in [-0.25, -0.2) is 4.98 Å². The van der Waals surface area contributed by atoms with Crippen LogP contribution in [0.15, 0.2) is 41.1 Å². The molecule has 1 aromatic carbocycles. The number of aryl methyl sites for hydroxylation is 1. The molecule has 0 bridgehead atoms. The Balaban J connectivity index is 1.27. The monoisotopic (exact) mass is 408 g/mol. The molecule has 2 fully saturated rings. The Morgan fingerprint density at radius 1 is 1.30 bits per heavy atom. The highest BCUT2D eigenvalue weighted by Crippen LogP contribution is 2.40. The highest BCUT2D eigenvalue weighted by atomic mass is 16.3. The number of hydrogen-bond donors (Lipinski definition) is 2. The first-order valence-corrected chi connectivity index (χ1v) is 10.7. The molecule has 7 nitrogen and oxygen atoms in total. The van der Waals surface area contributed by atoms with Gasteiger partial charge in [-0.3, -0.25) is 9.69 Å². The Labute approximate surface area is 175 Å². The number of aromatic nitrogens is 2. The minimum absolute atomic E-state index is 0.0129. The summed E-state index contributed by atoms with van der Waals surface area (Å²) < 4.78 is 5.72. The van der Waals surface area contributed by atoms with Crippen LogP contribution in [0.5, 0.6) is 0 Å². The Kier molecular flexibility index (Phi) is 4.87. The zero-order chi connectivity index (χ0) is 20.7.